The fourth-order valence-electron chi connectivity index (χ4n) is 3.75. The van der Waals surface area contributed by atoms with Crippen molar-refractivity contribution in [3.8, 4) is 11.5 Å². The Kier molecular flexibility index (Phi) is 4.07. The lowest BCUT2D eigenvalue weighted by Gasteiger charge is -2.21. The molecule has 1 fully saturated rings. The number of amides is 1. The monoisotopic (exact) mass is 364 g/mol. The summed E-state index contributed by atoms with van der Waals surface area (Å²) in [5, 5.41) is 2.76. The SMILES string of the molecule is Cn1cccc1[C@@H]1CCC[NH+]1CC(=O)Nc1ccc2c(c1)OC(F)(F)O2. The van der Waals surface area contributed by atoms with Crippen molar-refractivity contribution < 1.29 is 27.9 Å². The van der Waals surface area contributed by atoms with Crippen molar-refractivity contribution in [1.29, 1.82) is 0 Å². The summed E-state index contributed by atoms with van der Waals surface area (Å²) in [7, 11) is 2.01. The number of aryl methyl sites for hydroxylation is 1. The quantitative estimate of drug-likeness (QED) is 0.868. The predicted molar refractivity (Wildman–Crippen MR) is 89.4 cm³/mol. The van der Waals surface area contributed by atoms with E-state index < -0.39 is 6.29 Å². The number of aromatic nitrogens is 1. The van der Waals surface area contributed by atoms with Crippen molar-refractivity contribution in [2.24, 2.45) is 7.05 Å². The summed E-state index contributed by atoms with van der Waals surface area (Å²) in [5.74, 6) is -0.281. The molecule has 4 rings (SSSR count). The van der Waals surface area contributed by atoms with Gasteiger partial charge in [-0.15, -0.1) is 8.78 Å². The van der Waals surface area contributed by atoms with Crippen LogP contribution in [0, 0.1) is 0 Å². The average Bonchev–Trinajstić information content (AvgIpc) is 3.24. The standard InChI is InChI=1S/C18H19F2N3O3/c1-22-8-2-4-13(22)14-5-3-9-23(14)11-17(24)21-12-6-7-15-16(10-12)26-18(19,20)25-15/h2,4,6-8,10,14H,3,5,9,11H2,1H3,(H,21,24)/p+1/t14-/m0/s1. The van der Waals surface area contributed by atoms with E-state index in [2.05, 4.69) is 25.4 Å². The zero-order chi connectivity index (χ0) is 18.3. The summed E-state index contributed by atoms with van der Waals surface area (Å²) >= 11 is 0. The number of nitrogens with zero attached hydrogens (tertiary/aromatic N) is 1. The first-order valence-electron chi connectivity index (χ1n) is 8.57. The molecule has 0 radical (unpaired) electrons. The first-order chi connectivity index (χ1) is 12.4. The number of ether oxygens (including phenoxy) is 2. The van der Waals surface area contributed by atoms with Gasteiger partial charge in [0.15, 0.2) is 18.0 Å². The van der Waals surface area contributed by atoms with Gasteiger partial charge in [-0.3, -0.25) is 4.79 Å². The van der Waals surface area contributed by atoms with Crippen LogP contribution in [0.15, 0.2) is 36.5 Å². The molecule has 6 nitrogen and oxygen atoms in total. The third-order valence-corrected chi connectivity index (χ3v) is 4.90. The minimum atomic E-state index is -3.66. The first kappa shape index (κ1) is 16.8. The molecule has 0 saturated carbocycles. The Morgan fingerprint density at radius 3 is 2.92 bits per heavy atom. The molecule has 8 heteroatoms. The van der Waals surface area contributed by atoms with Gasteiger partial charge in [-0.25, -0.2) is 0 Å². The van der Waals surface area contributed by atoms with Gasteiger partial charge in [0.05, 0.1) is 12.2 Å². The van der Waals surface area contributed by atoms with Crippen LogP contribution >= 0.6 is 0 Å². The Bertz CT molecular complexity index is 837. The van der Waals surface area contributed by atoms with Crippen molar-refractivity contribution in [3.63, 3.8) is 0 Å². The molecule has 2 aliphatic heterocycles. The number of carbonyl (C=O) groups is 1. The van der Waals surface area contributed by atoms with Crippen LogP contribution < -0.4 is 19.7 Å². The number of halogens is 2. The molecule has 0 spiro atoms. The van der Waals surface area contributed by atoms with Gasteiger partial charge in [0, 0.05) is 37.8 Å². The molecule has 2 N–H and O–H groups in total. The maximum absolute atomic E-state index is 13.1. The lowest BCUT2D eigenvalue weighted by Crippen LogP contribution is -3.11. The van der Waals surface area contributed by atoms with Crippen molar-refractivity contribution in [2.75, 3.05) is 18.4 Å². The third kappa shape index (κ3) is 3.24. The third-order valence-electron chi connectivity index (χ3n) is 4.90. The van der Waals surface area contributed by atoms with Crippen molar-refractivity contribution in [1.82, 2.24) is 4.57 Å². The maximum Gasteiger partial charge on any atom is 0.586 e. The van der Waals surface area contributed by atoms with Crippen LogP contribution in [0.5, 0.6) is 11.5 Å². The fraction of sp³-hybridized carbons (Fsp3) is 0.389. The number of anilines is 1. The molecule has 0 bridgehead atoms. The van der Waals surface area contributed by atoms with Gasteiger partial charge in [-0.1, -0.05) is 0 Å². The largest absolute Gasteiger partial charge is 0.586 e. The minimum absolute atomic E-state index is 0.0399. The van der Waals surface area contributed by atoms with Crippen molar-refractivity contribution in [3.05, 3.63) is 42.2 Å². The minimum Gasteiger partial charge on any atom is -0.395 e. The number of nitrogens with one attached hydrogen (secondary N) is 2. The average molecular weight is 364 g/mol. The zero-order valence-electron chi connectivity index (χ0n) is 14.3. The highest BCUT2D eigenvalue weighted by molar-refractivity contribution is 5.91. The second-order valence-electron chi connectivity index (χ2n) is 6.70. The molecule has 0 aliphatic carbocycles. The normalized spacial score (nSPS) is 23.2. The zero-order valence-corrected chi connectivity index (χ0v) is 14.3. The molecule has 2 atom stereocenters. The summed E-state index contributed by atoms with van der Waals surface area (Å²) in [5.41, 5.74) is 1.62. The molecule has 2 aliphatic rings. The van der Waals surface area contributed by atoms with Gasteiger partial charge in [0.25, 0.3) is 5.91 Å². The van der Waals surface area contributed by atoms with Crippen LogP contribution in [0.1, 0.15) is 24.6 Å². The van der Waals surface area contributed by atoms with Gasteiger partial charge < -0.3 is 24.3 Å². The summed E-state index contributed by atoms with van der Waals surface area (Å²) < 4.78 is 37.0. The summed E-state index contributed by atoms with van der Waals surface area (Å²) in [6, 6.07) is 8.62. The van der Waals surface area contributed by atoms with E-state index in [1.165, 1.54) is 28.8 Å². The number of hydrogen-bond donors (Lipinski definition) is 2. The highest BCUT2D eigenvalue weighted by atomic mass is 19.3. The first-order valence-corrected chi connectivity index (χ1v) is 8.57. The van der Waals surface area contributed by atoms with Gasteiger partial charge >= 0.3 is 6.29 Å². The molecule has 1 aromatic carbocycles. The van der Waals surface area contributed by atoms with Crippen LogP contribution in [0.25, 0.3) is 0 Å². The lowest BCUT2D eigenvalue weighted by molar-refractivity contribution is -0.910. The number of alkyl halides is 2. The molecule has 1 saturated heterocycles. The van der Waals surface area contributed by atoms with E-state index in [-0.39, 0.29) is 23.4 Å². The van der Waals surface area contributed by atoms with E-state index in [0.29, 0.717) is 12.2 Å². The summed E-state index contributed by atoms with van der Waals surface area (Å²) in [6.07, 6.45) is 0.456. The van der Waals surface area contributed by atoms with Crippen molar-refractivity contribution in [2.45, 2.75) is 25.2 Å². The molecular weight excluding hydrogens is 344 g/mol. The van der Waals surface area contributed by atoms with Gasteiger partial charge in [0.1, 0.15) is 6.04 Å². The fourth-order valence-corrected chi connectivity index (χ4v) is 3.75. The maximum atomic E-state index is 13.1. The van der Waals surface area contributed by atoms with Crippen molar-refractivity contribution >= 4 is 11.6 Å². The molecule has 138 valence electrons. The van der Waals surface area contributed by atoms with E-state index in [9.17, 15) is 13.6 Å². The van der Waals surface area contributed by atoms with Gasteiger partial charge in [0.2, 0.25) is 0 Å². The van der Waals surface area contributed by atoms with E-state index >= 15 is 0 Å². The Morgan fingerprint density at radius 2 is 2.15 bits per heavy atom. The summed E-state index contributed by atoms with van der Waals surface area (Å²) in [6.45, 7) is 1.25. The number of quaternary nitrogens is 1. The van der Waals surface area contributed by atoms with Crippen LogP contribution in [0.2, 0.25) is 0 Å². The molecule has 3 heterocycles. The van der Waals surface area contributed by atoms with E-state index in [4.69, 9.17) is 0 Å². The van der Waals surface area contributed by atoms with Crippen LogP contribution in [-0.2, 0) is 11.8 Å². The highest BCUT2D eigenvalue weighted by Crippen LogP contribution is 2.42. The van der Waals surface area contributed by atoms with Gasteiger partial charge in [-0.05, 0) is 24.3 Å². The Balaban J connectivity index is 1.41. The number of benzene rings is 1. The number of rotatable bonds is 4. The van der Waals surface area contributed by atoms with Crippen LogP contribution in [0.3, 0.4) is 0 Å². The smallest absolute Gasteiger partial charge is 0.395 e. The van der Waals surface area contributed by atoms with Gasteiger partial charge in [-0.2, -0.15) is 0 Å². The molecule has 1 amide bonds. The highest BCUT2D eigenvalue weighted by Gasteiger charge is 2.43. The molecule has 2 aromatic rings. The predicted octanol–water partition coefficient (Wildman–Crippen LogP) is 1.71. The lowest BCUT2D eigenvalue weighted by atomic mass is 10.1. The number of fused-ring (bicyclic) bond motifs is 1. The van der Waals surface area contributed by atoms with Crippen LogP contribution in [0.4, 0.5) is 14.5 Å². The topological polar surface area (TPSA) is 56.9 Å². The Hall–Kier alpha value is -2.61. The molecular formula is C18H20F2N3O3+. The second kappa shape index (κ2) is 6.28. The Labute approximate surface area is 149 Å². The van der Waals surface area contributed by atoms with E-state index in [1.54, 1.807) is 0 Å². The molecule has 1 unspecified atom stereocenters. The van der Waals surface area contributed by atoms with E-state index in [1.807, 2.05) is 19.3 Å². The van der Waals surface area contributed by atoms with E-state index in [0.717, 1.165) is 19.4 Å². The number of carbonyl (C=O) groups excluding carboxylic acids is 1. The second-order valence-corrected chi connectivity index (χ2v) is 6.70. The number of likely N-dealkylation sites (tertiary alicyclic amines) is 1. The summed E-state index contributed by atoms with van der Waals surface area (Å²) in [4.78, 5) is 13.6. The molecule has 26 heavy (non-hydrogen) atoms. The Morgan fingerprint density at radius 1 is 1.35 bits per heavy atom. The number of hydrogen-bond acceptors (Lipinski definition) is 3. The molecule has 1 aromatic heterocycles. The van der Waals surface area contributed by atoms with Crippen LogP contribution in [-0.4, -0.2) is 29.9 Å².